The van der Waals surface area contributed by atoms with Crippen LogP contribution in [0.15, 0.2) is 18.2 Å². The smallest absolute Gasteiger partial charge is 0.243 e. The number of ether oxygens (including phenoxy) is 2. The summed E-state index contributed by atoms with van der Waals surface area (Å²) in [5, 5.41) is 5.75. The first kappa shape index (κ1) is 15.6. The van der Waals surface area contributed by atoms with Gasteiger partial charge in [0, 0.05) is 12.5 Å². The van der Waals surface area contributed by atoms with E-state index in [4.69, 9.17) is 9.47 Å². The van der Waals surface area contributed by atoms with Crippen molar-refractivity contribution in [2.45, 2.75) is 39.3 Å². The second-order valence-corrected chi connectivity index (χ2v) is 6.41. The topological polar surface area (TPSA) is 76.7 Å². The van der Waals surface area contributed by atoms with E-state index in [0.29, 0.717) is 12.3 Å². The quantitative estimate of drug-likeness (QED) is 0.835. The maximum atomic E-state index is 12.4. The second kappa shape index (κ2) is 6.48. The molecule has 1 saturated carbocycles. The van der Waals surface area contributed by atoms with Gasteiger partial charge in [0.2, 0.25) is 18.6 Å². The van der Waals surface area contributed by atoms with Gasteiger partial charge in [0.1, 0.15) is 6.04 Å². The molecular weight excluding hydrogens is 296 g/mol. The molecule has 0 radical (unpaired) electrons. The van der Waals surface area contributed by atoms with Gasteiger partial charge in [-0.05, 0) is 36.5 Å². The molecule has 1 aromatic rings. The highest BCUT2D eigenvalue weighted by molar-refractivity contribution is 5.89. The van der Waals surface area contributed by atoms with Crippen LogP contribution >= 0.6 is 0 Å². The third kappa shape index (κ3) is 3.75. The van der Waals surface area contributed by atoms with Crippen LogP contribution < -0.4 is 20.1 Å². The van der Waals surface area contributed by atoms with Crippen LogP contribution in [-0.4, -0.2) is 24.6 Å². The molecule has 2 aliphatic rings. The van der Waals surface area contributed by atoms with Crippen molar-refractivity contribution >= 4 is 11.8 Å². The molecule has 6 heteroatoms. The van der Waals surface area contributed by atoms with Gasteiger partial charge in [-0.3, -0.25) is 9.59 Å². The lowest BCUT2D eigenvalue weighted by Gasteiger charge is -2.21. The van der Waals surface area contributed by atoms with Crippen LogP contribution in [-0.2, 0) is 16.1 Å². The summed E-state index contributed by atoms with van der Waals surface area (Å²) in [6, 6.07) is 5.08. The van der Waals surface area contributed by atoms with E-state index in [2.05, 4.69) is 10.6 Å². The molecule has 2 amide bonds. The van der Waals surface area contributed by atoms with Crippen LogP contribution in [0, 0.1) is 11.8 Å². The highest BCUT2D eigenvalue weighted by atomic mass is 16.7. The zero-order valence-corrected chi connectivity index (χ0v) is 13.4. The maximum Gasteiger partial charge on any atom is 0.243 e. The molecule has 1 heterocycles. The molecule has 6 nitrogen and oxygen atoms in total. The lowest BCUT2D eigenvalue weighted by molar-refractivity contribution is -0.130. The van der Waals surface area contributed by atoms with Crippen molar-refractivity contribution in [3.8, 4) is 11.5 Å². The number of carbonyl (C=O) groups is 2. The van der Waals surface area contributed by atoms with E-state index in [1.54, 1.807) is 0 Å². The zero-order valence-electron chi connectivity index (χ0n) is 13.4. The number of benzene rings is 1. The van der Waals surface area contributed by atoms with Crippen molar-refractivity contribution in [3.63, 3.8) is 0 Å². The van der Waals surface area contributed by atoms with Crippen LogP contribution in [0.2, 0.25) is 0 Å². The summed E-state index contributed by atoms with van der Waals surface area (Å²) in [6.45, 7) is 4.47. The minimum atomic E-state index is -0.503. The molecule has 0 aromatic heterocycles. The molecule has 3 rings (SSSR count). The number of nitrogens with one attached hydrogen (secondary N) is 2. The summed E-state index contributed by atoms with van der Waals surface area (Å²) >= 11 is 0. The number of rotatable bonds is 6. The molecule has 1 aliphatic heterocycles. The Morgan fingerprint density at radius 2 is 1.96 bits per heavy atom. The molecule has 1 fully saturated rings. The summed E-state index contributed by atoms with van der Waals surface area (Å²) in [5.74, 6) is 1.37. The summed E-state index contributed by atoms with van der Waals surface area (Å²) < 4.78 is 10.6. The van der Waals surface area contributed by atoms with Crippen molar-refractivity contribution in [3.05, 3.63) is 23.8 Å². The van der Waals surface area contributed by atoms with Gasteiger partial charge in [-0.15, -0.1) is 0 Å². The van der Waals surface area contributed by atoms with E-state index >= 15 is 0 Å². The Kier molecular flexibility index (Phi) is 4.41. The molecule has 23 heavy (non-hydrogen) atoms. The van der Waals surface area contributed by atoms with E-state index < -0.39 is 6.04 Å². The second-order valence-electron chi connectivity index (χ2n) is 6.41. The number of amides is 2. The third-order valence-corrected chi connectivity index (χ3v) is 4.10. The predicted octanol–water partition coefficient (Wildman–Crippen LogP) is 1.58. The molecule has 1 aromatic carbocycles. The molecule has 0 unspecified atom stereocenters. The number of fused-ring (bicyclic) bond motifs is 1. The van der Waals surface area contributed by atoms with Crippen LogP contribution in [0.5, 0.6) is 11.5 Å². The average molecular weight is 318 g/mol. The Hall–Kier alpha value is -2.24. The molecular formula is C17H22N2O4. The Labute approximate surface area is 135 Å². The summed E-state index contributed by atoms with van der Waals surface area (Å²) in [6.07, 6.45) is 1.85. The van der Waals surface area contributed by atoms with Crippen LogP contribution in [0.4, 0.5) is 0 Å². The van der Waals surface area contributed by atoms with Gasteiger partial charge in [0.15, 0.2) is 11.5 Å². The first-order chi connectivity index (χ1) is 11.0. The first-order valence-electron chi connectivity index (χ1n) is 8.01. The van der Waals surface area contributed by atoms with Gasteiger partial charge in [-0.25, -0.2) is 0 Å². The fourth-order valence-corrected chi connectivity index (χ4v) is 2.50. The highest BCUT2D eigenvalue weighted by Crippen LogP contribution is 2.32. The van der Waals surface area contributed by atoms with Crippen molar-refractivity contribution in [1.82, 2.24) is 10.6 Å². The van der Waals surface area contributed by atoms with Gasteiger partial charge >= 0.3 is 0 Å². The van der Waals surface area contributed by atoms with E-state index in [-0.39, 0.29) is 30.4 Å². The lowest BCUT2D eigenvalue weighted by Crippen LogP contribution is -2.49. The van der Waals surface area contributed by atoms with Crippen LogP contribution in [0.1, 0.15) is 32.3 Å². The van der Waals surface area contributed by atoms with Crippen LogP contribution in [0.3, 0.4) is 0 Å². The predicted molar refractivity (Wildman–Crippen MR) is 83.9 cm³/mol. The summed E-state index contributed by atoms with van der Waals surface area (Å²) in [5.41, 5.74) is 0.929. The number of hydrogen-bond donors (Lipinski definition) is 2. The third-order valence-electron chi connectivity index (χ3n) is 4.10. The molecule has 0 spiro atoms. The lowest BCUT2D eigenvalue weighted by atomic mass is 10.0. The Balaban J connectivity index is 1.56. The minimum Gasteiger partial charge on any atom is -0.454 e. The fourth-order valence-electron chi connectivity index (χ4n) is 2.50. The van der Waals surface area contributed by atoms with Gasteiger partial charge in [-0.2, -0.15) is 0 Å². The van der Waals surface area contributed by atoms with Gasteiger partial charge in [-0.1, -0.05) is 19.9 Å². The first-order valence-corrected chi connectivity index (χ1v) is 8.01. The average Bonchev–Trinajstić information content (AvgIpc) is 3.28. The number of carbonyl (C=O) groups excluding carboxylic acids is 2. The Morgan fingerprint density at radius 1 is 1.22 bits per heavy atom. The Morgan fingerprint density at radius 3 is 2.65 bits per heavy atom. The normalized spacial score (nSPS) is 17.0. The van der Waals surface area contributed by atoms with Crippen molar-refractivity contribution in [2.75, 3.05) is 6.79 Å². The van der Waals surface area contributed by atoms with E-state index in [9.17, 15) is 9.59 Å². The molecule has 1 aliphatic carbocycles. The van der Waals surface area contributed by atoms with Gasteiger partial charge in [0.25, 0.3) is 0 Å². The minimum absolute atomic E-state index is 0.0121. The SMILES string of the molecule is CC(C)[C@H](NC(=O)C1CC1)C(=O)NCc1ccc2c(c1)OCO2. The molecule has 0 bridgehead atoms. The monoisotopic (exact) mass is 318 g/mol. The standard InChI is InChI=1S/C17H22N2O4/c1-10(2)15(19-16(20)12-4-5-12)17(21)18-8-11-3-6-13-14(7-11)23-9-22-13/h3,6-7,10,12,15H,4-5,8-9H2,1-2H3,(H,18,21)(H,19,20)/t15-/m0/s1. The molecule has 2 N–H and O–H groups in total. The van der Waals surface area contributed by atoms with Crippen molar-refractivity contribution in [1.29, 1.82) is 0 Å². The van der Waals surface area contributed by atoms with Crippen LogP contribution in [0.25, 0.3) is 0 Å². The summed E-state index contributed by atoms with van der Waals surface area (Å²) in [7, 11) is 0. The maximum absolute atomic E-state index is 12.4. The van der Waals surface area contributed by atoms with E-state index in [1.165, 1.54) is 0 Å². The molecule has 0 saturated heterocycles. The molecule has 124 valence electrons. The van der Waals surface area contributed by atoms with Crippen molar-refractivity contribution < 1.29 is 19.1 Å². The van der Waals surface area contributed by atoms with E-state index in [1.807, 2.05) is 32.0 Å². The fraction of sp³-hybridized carbons (Fsp3) is 0.529. The van der Waals surface area contributed by atoms with Crippen molar-refractivity contribution in [2.24, 2.45) is 11.8 Å². The van der Waals surface area contributed by atoms with Gasteiger partial charge < -0.3 is 20.1 Å². The Bertz CT molecular complexity index is 611. The van der Waals surface area contributed by atoms with E-state index in [0.717, 1.165) is 24.2 Å². The highest BCUT2D eigenvalue weighted by Gasteiger charge is 2.33. The van der Waals surface area contributed by atoms with Gasteiger partial charge in [0.05, 0.1) is 0 Å². The molecule has 1 atom stereocenters. The number of hydrogen-bond acceptors (Lipinski definition) is 4. The zero-order chi connectivity index (χ0) is 16.4. The summed E-state index contributed by atoms with van der Waals surface area (Å²) in [4.78, 5) is 24.3. The largest absolute Gasteiger partial charge is 0.454 e.